The Hall–Kier alpha value is -1.62. The van der Waals surface area contributed by atoms with Gasteiger partial charge in [0.2, 0.25) is 5.91 Å². The zero-order valence-corrected chi connectivity index (χ0v) is 13.0. The topological polar surface area (TPSA) is 46.9 Å². The molecule has 0 fully saturated rings. The largest absolute Gasteiger partial charge is 0.352 e. The molecule has 0 spiro atoms. The Kier molecular flexibility index (Phi) is 4.95. The minimum Gasteiger partial charge on any atom is -0.352 e. The molecule has 0 saturated carbocycles. The Morgan fingerprint density at radius 1 is 1.45 bits per heavy atom. The van der Waals surface area contributed by atoms with Gasteiger partial charge in [-0.15, -0.1) is 11.3 Å². The van der Waals surface area contributed by atoms with E-state index in [0.29, 0.717) is 0 Å². The van der Waals surface area contributed by atoms with E-state index in [0.717, 1.165) is 23.5 Å². The third kappa shape index (κ3) is 3.10. The maximum atomic E-state index is 12.3. The van der Waals surface area contributed by atoms with Gasteiger partial charge >= 0.3 is 0 Å². The summed E-state index contributed by atoms with van der Waals surface area (Å²) in [6.07, 6.45) is 5.52. The quantitative estimate of drug-likeness (QED) is 0.885. The molecule has 108 valence electrons. The molecule has 5 heteroatoms. The first kappa shape index (κ1) is 14.8. The molecule has 0 aliphatic rings. The van der Waals surface area contributed by atoms with Crippen molar-refractivity contribution in [3.8, 4) is 10.7 Å². The van der Waals surface area contributed by atoms with Crippen molar-refractivity contribution < 1.29 is 4.79 Å². The highest BCUT2D eigenvalue weighted by atomic mass is 32.1. The van der Waals surface area contributed by atoms with E-state index in [1.807, 2.05) is 35.2 Å². The van der Waals surface area contributed by atoms with E-state index in [2.05, 4.69) is 24.1 Å². The SMILES string of the molecule is CCC(CC)NC(=O)C(C)n1ccnc1-c1cccs1. The molecular formula is C15H21N3OS. The van der Waals surface area contributed by atoms with Crippen molar-refractivity contribution in [3.05, 3.63) is 29.9 Å². The van der Waals surface area contributed by atoms with Crippen LogP contribution in [0.3, 0.4) is 0 Å². The van der Waals surface area contributed by atoms with E-state index in [1.165, 1.54) is 0 Å². The van der Waals surface area contributed by atoms with E-state index in [-0.39, 0.29) is 18.0 Å². The van der Waals surface area contributed by atoms with Crippen LogP contribution in [0.1, 0.15) is 39.7 Å². The van der Waals surface area contributed by atoms with E-state index < -0.39 is 0 Å². The van der Waals surface area contributed by atoms with Gasteiger partial charge in [-0.25, -0.2) is 4.98 Å². The van der Waals surface area contributed by atoms with Crippen LogP contribution in [0.5, 0.6) is 0 Å². The van der Waals surface area contributed by atoms with Crippen molar-refractivity contribution in [2.45, 2.75) is 45.7 Å². The van der Waals surface area contributed by atoms with Gasteiger partial charge in [0.25, 0.3) is 0 Å². The maximum absolute atomic E-state index is 12.3. The van der Waals surface area contributed by atoms with Crippen LogP contribution in [0, 0.1) is 0 Å². The molecule has 0 radical (unpaired) electrons. The fourth-order valence-electron chi connectivity index (χ4n) is 2.16. The fourth-order valence-corrected chi connectivity index (χ4v) is 2.89. The Labute approximate surface area is 123 Å². The molecule has 2 rings (SSSR count). The van der Waals surface area contributed by atoms with Crippen molar-refractivity contribution in [3.63, 3.8) is 0 Å². The average molecular weight is 291 g/mol. The molecule has 0 bridgehead atoms. The van der Waals surface area contributed by atoms with Gasteiger partial charge in [-0.05, 0) is 31.2 Å². The van der Waals surface area contributed by atoms with Crippen LogP contribution in [0.2, 0.25) is 0 Å². The summed E-state index contributed by atoms with van der Waals surface area (Å²) in [7, 11) is 0. The first-order valence-electron chi connectivity index (χ1n) is 7.04. The number of rotatable bonds is 6. The first-order chi connectivity index (χ1) is 9.67. The molecule has 2 aromatic rings. The van der Waals surface area contributed by atoms with E-state index in [4.69, 9.17) is 0 Å². The van der Waals surface area contributed by atoms with Crippen LogP contribution in [-0.4, -0.2) is 21.5 Å². The highest BCUT2D eigenvalue weighted by molar-refractivity contribution is 7.13. The van der Waals surface area contributed by atoms with Gasteiger partial charge in [0.05, 0.1) is 4.88 Å². The molecular weight excluding hydrogens is 270 g/mol. The summed E-state index contributed by atoms with van der Waals surface area (Å²) in [5, 5.41) is 5.11. The highest BCUT2D eigenvalue weighted by Gasteiger charge is 2.20. The number of hydrogen-bond donors (Lipinski definition) is 1. The lowest BCUT2D eigenvalue weighted by Gasteiger charge is -2.20. The Bertz CT molecular complexity index is 543. The Balaban J connectivity index is 2.16. The zero-order valence-electron chi connectivity index (χ0n) is 12.2. The number of amides is 1. The smallest absolute Gasteiger partial charge is 0.243 e. The van der Waals surface area contributed by atoms with Crippen molar-refractivity contribution in [1.82, 2.24) is 14.9 Å². The van der Waals surface area contributed by atoms with Gasteiger partial charge in [-0.1, -0.05) is 19.9 Å². The lowest BCUT2D eigenvalue weighted by atomic mass is 10.1. The van der Waals surface area contributed by atoms with Crippen LogP contribution in [0.4, 0.5) is 0 Å². The van der Waals surface area contributed by atoms with Crippen molar-refractivity contribution in [2.75, 3.05) is 0 Å². The van der Waals surface area contributed by atoms with Crippen LogP contribution in [0.15, 0.2) is 29.9 Å². The maximum Gasteiger partial charge on any atom is 0.243 e. The number of imidazole rings is 1. The molecule has 4 nitrogen and oxygen atoms in total. The third-order valence-electron chi connectivity index (χ3n) is 3.54. The van der Waals surface area contributed by atoms with Crippen LogP contribution in [0.25, 0.3) is 10.7 Å². The molecule has 1 atom stereocenters. The zero-order chi connectivity index (χ0) is 14.5. The van der Waals surface area contributed by atoms with Gasteiger partial charge in [-0.2, -0.15) is 0 Å². The minimum atomic E-state index is -0.254. The minimum absolute atomic E-state index is 0.0505. The summed E-state index contributed by atoms with van der Waals surface area (Å²) >= 11 is 1.63. The second kappa shape index (κ2) is 6.70. The van der Waals surface area contributed by atoms with Crippen molar-refractivity contribution >= 4 is 17.2 Å². The summed E-state index contributed by atoms with van der Waals surface area (Å²) in [5.41, 5.74) is 0. The summed E-state index contributed by atoms with van der Waals surface area (Å²) in [4.78, 5) is 17.8. The normalized spacial score (nSPS) is 12.6. The van der Waals surface area contributed by atoms with E-state index in [1.54, 1.807) is 17.5 Å². The molecule has 0 aliphatic heterocycles. The number of carbonyl (C=O) groups excluding carboxylic acids is 1. The molecule has 1 amide bonds. The predicted octanol–water partition coefficient (Wildman–Crippen LogP) is 3.48. The lowest BCUT2D eigenvalue weighted by molar-refractivity contribution is -0.124. The molecule has 20 heavy (non-hydrogen) atoms. The Morgan fingerprint density at radius 2 is 2.20 bits per heavy atom. The second-order valence-corrected chi connectivity index (χ2v) is 5.78. The molecule has 0 aliphatic carbocycles. The molecule has 0 aromatic carbocycles. The van der Waals surface area contributed by atoms with Crippen molar-refractivity contribution in [1.29, 1.82) is 0 Å². The third-order valence-corrected chi connectivity index (χ3v) is 4.40. The second-order valence-electron chi connectivity index (χ2n) is 4.83. The van der Waals surface area contributed by atoms with Crippen LogP contribution < -0.4 is 5.32 Å². The molecule has 2 aromatic heterocycles. The summed E-state index contributed by atoms with van der Waals surface area (Å²) < 4.78 is 1.93. The fraction of sp³-hybridized carbons (Fsp3) is 0.467. The van der Waals surface area contributed by atoms with Crippen LogP contribution >= 0.6 is 11.3 Å². The summed E-state index contributed by atoms with van der Waals surface area (Å²) in [5.74, 6) is 0.904. The van der Waals surface area contributed by atoms with E-state index >= 15 is 0 Å². The van der Waals surface area contributed by atoms with Gasteiger partial charge in [-0.3, -0.25) is 4.79 Å². The highest BCUT2D eigenvalue weighted by Crippen LogP contribution is 2.25. The monoisotopic (exact) mass is 291 g/mol. The molecule has 2 heterocycles. The standard InChI is InChI=1S/C15H21N3OS/c1-4-12(5-2)17-15(19)11(3)18-9-8-16-14(18)13-7-6-10-20-13/h6-12H,4-5H2,1-3H3,(H,17,19). The molecule has 1 N–H and O–H groups in total. The average Bonchev–Trinajstić information content (AvgIpc) is 3.12. The summed E-state index contributed by atoms with van der Waals surface area (Å²) in [6, 6.07) is 4.01. The Morgan fingerprint density at radius 3 is 2.80 bits per heavy atom. The van der Waals surface area contributed by atoms with Gasteiger partial charge in [0.15, 0.2) is 5.82 Å². The molecule has 1 unspecified atom stereocenters. The van der Waals surface area contributed by atoms with Crippen LogP contribution in [-0.2, 0) is 4.79 Å². The number of thiophene rings is 1. The number of nitrogens with zero attached hydrogens (tertiary/aromatic N) is 2. The number of nitrogens with one attached hydrogen (secondary N) is 1. The lowest BCUT2D eigenvalue weighted by Crippen LogP contribution is -2.38. The number of carbonyl (C=O) groups is 1. The van der Waals surface area contributed by atoms with Gasteiger partial charge in [0.1, 0.15) is 6.04 Å². The van der Waals surface area contributed by atoms with Crippen molar-refractivity contribution in [2.24, 2.45) is 0 Å². The number of aromatic nitrogens is 2. The van der Waals surface area contributed by atoms with E-state index in [9.17, 15) is 4.79 Å². The predicted molar refractivity (Wildman–Crippen MR) is 82.8 cm³/mol. The van der Waals surface area contributed by atoms with Gasteiger partial charge < -0.3 is 9.88 Å². The number of hydrogen-bond acceptors (Lipinski definition) is 3. The molecule has 0 saturated heterocycles. The van der Waals surface area contributed by atoms with Gasteiger partial charge in [0, 0.05) is 18.4 Å². The summed E-state index contributed by atoms with van der Waals surface area (Å²) in [6.45, 7) is 6.09. The first-order valence-corrected chi connectivity index (χ1v) is 7.92.